The van der Waals surface area contributed by atoms with Crippen LogP contribution in [-0.4, -0.2) is 36.6 Å². The van der Waals surface area contributed by atoms with E-state index in [1.54, 1.807) is 0 Å². The molecule has 0 aromatic heterocycles. The first kappa shape index (κ1) is 10.3. The standard InChI is InChI=1S/C8H10N3O3/c9-3-6-4-11(5-6)7(12)1-2-14-8(10)13/h1,6H,2,4-5H2,(H2,10,13). The van der Waals surface area contributed by atoms with Crippen molar-refractivity contribution in [3.63, 3.8) is 0 Å². The molecule has 1 saturated heterocycles. The van der Waals surface area contributed by atoms with Crippen molar-refractivity contribution in [3.05, 3.63) is 6.42 Å². The van der Waals surface area contributed by atoms with Crippen molar-refractivity contribution in [2.75, 3.05) is 19.7 Å². The van der Waals surface area contributed by atoms with Gasteiger partial charge in [0.2, 0.25) is 5.91 Å². The SMILES string of the molecule is N#CC1CN(C(=O)[CH]COC(N)=O)C1. The van der Waals surface area contributed by atoms with Crippen molar-refractivity contribution in [2.45, 2.75) is 0 Å². The number of likely N-dealkylation sites (tertiary alicyclic amines) is 1. The normalized spacial score (nSPS) is 15.5. The summed E-state index contributed by atoms with van der Waals surface area (Å²) in [5, 5.41) is 8.45. The van der Waals surface area contributed by atoms with Gasteiger partial charge >= 0.3 is 6.09 Å². The molecule has 1 radical (unpaired) electrons. The number of ether oxygens (including phenoxy) is 1. The van der Waals surface area contributed by atoms with E-state index >= 15 is 0 Å². The monoisotopic (exact) mass is 196 g/mol. The molecule has 0 aromatic carbocycles. The summed E-state index contributed by atoms with van der Waals surface area (Å²) in [6, 6.07) is 2.05. The lowest BCUT2D eigenvalue weighted by Crippen LogP contribution is -2.49. The predicted molar refractivity (Wildman–Crippen MR) is 45.5 cm³/mol. The second-order valence-electron chi connectivity index (χ2n) is 2.90. The number of nitriles is 1. The third-order valence-corrected chi connectivity index (χ3v) is 1.86. The minimum absolute atomic E-state index is 0.0654. The summed E-state index contributed by atoms with van der Waals surface area (Å²) in [4.78, 5) is 22.8. The van der Waals surface area contributed by atoms with Crippen LogP contribution in [0.2, 0.25) is 0 Å². The molecule has 0 saturated carbocycles. The molecule has 6 heteroatoms. The maximum atomic E-state index is 11.2. The number of primary amides is 1. The average molecular weight is 196 g/mol. The van der Waals surface area contributed by atoms with E-state index < -0.39 is 6.09 Å². The molecule has 1 fully saturated rings. The van der Waals surface area contributed by atoms with Crippen LogP contribution in [0.3, 0.4) is 0 Å². The van der Waals surface area contributed by atoms with E-state index in [-0.39, 0.29) is 18.4 Å². The Morgan fingerprint density at radius 3 is 2.79 bits per heavy atom. The molecule has 0 atom stereocenters. The molecule has 0 spiro atoms. The molecule has 0 aliphatic carbocycles. The number of hydrogen-bond donors (Lipinski definition) is 1. The summed E-state index contributed by atoms with van der Waals surface area (Å²) in [6.07, 6.45) is 0.311. The summed E-state index contributed by atoms with van der Waals surface area (Å²) in [5.74, 6) is -0.304. The average Bonchev–Trinajstić information content (AvgIpc) is 2.01. The highest BCUT2D eigenvalue weighted by Gasteiger charge is 2.30. The lowest BCUT2D eigenvalue weighted by atomic mass is 10.0. The summed E-state index contributed by atoms with van der Waals surface area (Å²) in [7, 11) is 0. The van der Waals surface area contributed by atoms with Crippen LogP contribution in [0, 0.1) is 23.7 Å². The molecule has 75 valence electrons. The van der Waals surface area contributed by atoms with Crippen molar-refractivity contribution >= 4 is 12.0 Å². The van der Waals surface area contributed by atoms with Gasteiger partial charge in [-0.1, -0.05) is 0 Å². The zero-order chi connectivity index (χ0) is 10.6. The molecule has 14 heavy (non-hydrogen) atoms. The van der Waals surface area contributed by atoms with Crippen molar-refractivity contribution in [1.82, 2.24) is 4.90 Å². The predicted octanol–water partition coefficient (Wildman–Crippen LogP) is -0.732. The maximum absolute atomic E-state index is 11.2. The smallest absolute Gasteiger partial charge is 0.404 e. The zero-order valence-corrected chi connectivity index (χ0v) is 7.47. The first-order valence-corrected chi connectivity index (χ1v) is 4.07. The highest BCUT2D eigenvalue weighted by Crippen LogP contribution is 2.14. The molecule has 1 aliphatic rings. The number of rotatable bonds is 3. The maximum Gasteiger partial charge on any atom is 0.404 e. The third-order valence-electron chi connectivity index (χ3n) is 1.86. The topological polar surface area (TPSA) is 96.4 Å². The highest BCUT2D eigenvalue weighted by atomic mass is 16.5. The van der Waals surface area contributed by atoms with Gasteiger partial charge in [-0.3, -0.25) is 4.79 Å². The summed E-state index contributed by atoms with van der Waals surface area (Å²) >= 11 is 0. The fourth-order valence-corrected chi connectivity index (χ4v) is 1.06. The molecule has 1 rings (SSSR count). The van der Waals surface area contributed by atoms with Crippen LogP contribution in [0.5, 0.6) is 0 Å². The van der Waals surface area contributed by atoms with Gasteiger partial charge in [-0.25, -0.2) is 4.79 Å². The second kappa shape index (κ2) is 4.46. The van der Waals surface area contributed by atoms with Gasteiger partial charge in [0.25, 0.3) is 0 Å². The molecule has 0 bridgehead atoms. The Morgan fingerprint density at radius 2 is 2.29 bits per heavy atom. The zero-order valence-electron chi connectivity index (χ0n) is 7.47. The van der Waals surface area contributed by atoms with Gasteiger partial charge in [0, 0.05) is 13.1 Å². The number of nitrogens with zero attached hydrogens (tertiary/aromatic N) is 2. The Balaban J connectivity index is 2.12. The molecule has 6 nitrogen and oxygen atoms in total. The molecule has 0 aromatic rings. The van der Waals surface area contributed by atoms with Gasteiger partial charge in [0.1, 0.15) is 6.61 Å². The minimum atomic E-state index is -0.910. The van der Waals surface area contributed by atoms with Crippen LogP contribution in [-0.2, 0) is 9.53 Å². The first-order chi connectivity index (χ1) is 6.63. The Bertz CT molecular complexity index is 278. The first-order valence-electron chi connectivity index (χ1n) is 4.07. The molecular formula is C8H10N3O3. The Kier molecular flexibility index (Phi) is 3.29. The van der Waals surface area contributed by atoms with E-state index in [1.807, 2.05) is 6.07 Å². The fourth-order valence-electron chi connectivity index (χ4n) is 1.06. The van der Waals surface area contributed by atoms with E-state index in [1.165, 1.54) is 11.3 Å². The molecule has 0 unspecified atom stereocenters. The van der Waals surface area contributed by atoms with Crippen molar-refractivity contribution in [3.8, 4) is 6.07 Å². The minimum Gasteiger partial charge on any atom is -0.449 e. The van der Waals surface area contributed by atoms with Gasteiger partial charge in [0.05, 0.1) is 18.4 Å². The number of carbonyl (C=O) groups excluding carboxylic acids is 2. The lowest BCUT2D eigenvalue weighted by molar-refractivity contribution is -0.132. The van der Waals surface area contributed by atoms with E-state index in [2.05, 4.69) is 4.74 Å². The Morgan fingerprint density at radius 1 is 1.64 bits per heavy atom. The molecule has 1 heterocycles. The Labute approximate surface area is 81.2 Å². The van der Waals surface area contributed by atoms with Crippen LogP contribution >= 0.6 is 0 Å². The van der Waals surface area contributed by atoms with E-state index in [4.69, 9.17) is 11.0 Å². The van der Waals surface area contributed by atoms with Crippen LogP contribution in [0.25, 0.3) is 0 Å². The van der Waals surface area contributed by atoms with E-state index in [0.29, 0.717) is 13.1 Å². The summed E-state index contributed by atoms with van der Waals surface area (Å²) in [5.41, 5.74) is 4.70. The fraction of sp³-hybridized carbons (Fsp3) is 0.500. The Hall–Kier alpha value is -1.77. The number of carbonyl (C=O) groups is 2. The summed E-state index contributed by atoms with van der Waals surface area (Å²) in [6.45, 7) is 0.771. The van der Waals surface area contributed by atoms with Gasteiger partial charge in [-0.2, -0.15) is 5.26 Å². The van der Waals surface area contributed by atoms with Crippen LogP contribution in [0.4, 0.5) is 4.79 Å². The summed E-state index contributed by atoms with van der Waals surface area (Å²) < 4.78 is 4.36. The van der Waals surface area contributed by atoms with E-state index in [9.17, 15) is 9.59 Å². The molecule has 1 aliphatic heterocycles. The van der Waals surface area contributed by atoms with Gasteiger partial charge in [0.15, 0.2) is 0 Å². The van der Waals surface area contributed by atoms with Crippen molar-refractivity contribution < 1.29 is 14.3 Å². The van der Waals surface area contributed by atoms with Crippen LogP contribution < -0.4 is 5.73 Å². The number of amides is 2. The van der Waals surface area contributed by atoms with Gasteiger partial charge in [-0.05, 0) is 0 Å². The van der Waals surface area contributed by atoms with Crippen molar-refractivity contribution in [2.24, 2.45) is 11.7 Å². The third kappa shape index (κ3) is 2.62. The van der Waals surface area contributed by atoms with Gasteiger partial charge < -0.3 is 15.4 Å². The van der Waals surface area contributed by atoms with E-state index in [0.717, 1.165) is 0 Å². The molecular weight excluding hydrogens is 186 g/mol. The number of hydrogen-bond acceptors (Lipinski definition) is 4. The van der Waals surface area contributed by atoms with Gasteiger partial charge in [-0.15, -0.1) is 0 Å². The molecule has 2 amide bonds. The van der Waals surface area contributed by atoms with Crippen LogP contribution in [0.1, 0.15) is 0 Å². The number of nitrogens with two attached hydrogens (primary N) is 1. The highest BCUT2D eigenvalue weighted by molar-refractivity contribution is 5.86. The second-order valence-corrected chi connectivity index (χ2v) is 2.90. The largest absolute Gasteiger partial charge is 0.449 e. The van der Waals surface area contributed by atoms with Crippen LogP contribution in [0.15, 0.2) is 0 Å². The quantitative estimate of drug-likeness (QED) is 0.643. The van der Waals surface area contributed by atoms with Crippen molar-refractivity contribution in [1.29, 1.82) is 5.26 Å². The molecule has 2 N–H and O–H groups in total. The lowest BCUT2D eigenvalue weighted by Gasteiger charge is -2.35.